The van der Waals surface area contributed by atoms with E-state index in [4.69, 9.17) is 21.6 Å². The van der Waals surface area contributed by atoms with Gasteiger partial charge in [0.25, 0.3) is 0 Å². The second-order valence-corrected chi connectivity index (χ2v) is 9.96. The lowest BCUT2D eigenvalue weighted by molar-refractivity contribution is 0.0320. The summed E-state index contributed by atoms with van der Waals surface area (Å²) in [5.41, 5.74) is 18.0. The Morgan fingerprint density at radius 1 is 0.825 bits per heavy atom. The predicted octanol–water partition coefficient (Wildman–Crippen LogP) is 4.11. The van der Waals surface area contributed by atoms with Crippen LogP contribution in [0.4, 0.5) is 0 Å². The molecule has 0 spiro atoms. The smallest absolute Gasteiger partial charge is 0.131 e. The molecule has 0 saturated carbocycles. The Morgan fingerprint density at radius 2 is 1.52 bits per heavy atom. The molecule has 0 fully saturated rings. The molecule has 8 N–H and O–H groups in total. The molecule has 4 aromatic carbocycles. The van der Waals surface area contributed by atoms with Gasteiger partial charge >= 0.3 is 0 Å². The van der Waals surface area contributed by atoms with Crippen LogP contribution in [0.1, 0.15) is 34.0 Å². The van der Waals surface area contributed by atoms with E-state index in [0.717, 1.165) is 27.8 Å². The number of amidine groups is 1. The highest BCUT2D eigenvalue weighted by atomic mass is 16.5. The van der Waals surface area contributed by atoms with Crippen molar-refractivity contribution in [3.63, 3.8) is 0 Å². The molecule has 4 rings (SSSR count). The molecule has 7 heteroatoms. The SMILES string of the molecule is N=C(N)c1cccc(CC(CO)C(COCc2ccccc2)NC(O)c2ccc(-c3cccc(CN)c3)cc2)c1. The number of rotatable bonds is 14. The van der Waals surface area contributed by atoms with Crippen LogP contribution in [0.3, 0.4) is 0 Å². The largest absolute Gasteiger partial charge is 0.396 e. The summed E-state index contributed by atoms with van der Waals surface area (Å²) in [4.78, 5) is 0. The van der Waals surface area contributed by atoms with Gasteiger partial charge in [0.05, 0.1) is 13.2 Å². The van der Waals surface area contributed by atoms with E-state index < -0.39 is 6.23 Å². The standard InChI is InChI=1S/C33H38N4O3/c34-19-25-9-5-10-28(18-25)26-12-14-27(15-13-26)33(39)37-31(22-40-21-23-6-2-1-3-7-23)30(20-38)17-24-8-4-11-29(16-24)32(35)36/h1-16,18,30-31,33,37-39H,17,19-22,34H2,(H3,35,36). The maximum atomic E-state index is 11.2. The summed E-state index contributed by atoms with van der Waals surface area (Å²) in [5, 5.41) is 32.6. The number of ether oxygens (including phenoxy) is 1. The van der Waals surface area contributed by atoms with Crippen molar-refractivity contribution in [2.24, 2.45) is 17.4 Å². The maximum Gasteiger partial charge on any atom is 0.131 e. The van der Waals surface area contributed by atoms with Gasteiger partial charge < -0.3 is 26.4 Å². The van der Waals surface area contributed by atoms with Gasteiger partial charge in [-0.15, -0.1) is 0 Å². The maximum absolute atomic E-state index is 11.2. The first-order chi connectivity index (χ1) is 19.5. The number of hydrogen-bond donors (Lipinski definition) is 6. The van der Waals surface area contributed by atoms with Crippen molar-refractivity contribution in [2.45, 2.75) is 31.8 Å². The van der Waals surface area contributed by atoms with Gasteiger partial charge in [0.15, 0.2) is 0 Å². The first kappa shape index (κ1) is 29.1. The summed E-state index contributed by atoms with van der Waals surface area (Å²) in [6.07, 6.45) is -0.444. The predicted molar refractivity (Wildman–Crippen MR) is 159 cm³/mol. The molecule has 0 aliphatic rings. The Kier molecular flexibility index (Phi) is 10.6. The summed E-state index contributed by atoms with van der Waals surface area (Å²) >= 11 is 0. The summed E-state index contributed by atoms with van der Waals surface area (Å²) in [7, 11) is 0. The van der Waals surface area contributed by atoms with E-state index in [1.165, 1.54) is 0 Å². The molecule has 0 radical (unpaired) electrons. The fraction of sp³-hybridized carbons (Fsp3) is 0.242. The van der Waals surface area contributed by atoms with E-state index in [1.54, 1.807) is 6.07 Å². The second-order valence-electron chi connectivity index (χ2n) is 9.96. The molecular weight excluding hydrogens is 500 g/mol. The fourth-order valence-corrected chi connectivity index (χ4v) is 4.74. The Bertz CT molecular complexity index is 1360. The zero-order valence-corrected chi connectivity index (χ0v) is 22.5. The average molecular weight is 539 g/mol. The van der Waals surface area contributed by atoms with Gasteiger partial charge in [-0.1, -0.05) is 91.0 Å². The van der Waals surface area contributed by atoms with Crippen molar-refractivity contribution < 1.29 is 14.9 Å². The van der Waals surface area contributed by atoms with Gasteiger partial charge in [0, 0.05) is 30.7 Å². The Morgan fingerprint density at radius 3 is 2.23 bits per heavy atom. The topological polar surface area (TPSA) is 138 Å². The Hall–Kier alpha value is -3.85. The van der Waals surface area contributed by atoms with Crippen LogP contribution in [-0.2, 0) is 24.3 Å². The van der Waals surface area contributed by atoms with Crippen LogP contribution in [0.15, 0.2) is 103 Å². The van der Waals surface area contributed by atoms with E-state index in [-0.39, 0.29) is 31.0 Å². The van der Waals surface area contributed by atoms with Crippen LogP contribution in [0.2, 0.25) is 0 Å². The van der Waals surface area contributed by atoms with Crippen molar-refractivity contribution in [3.8, 4) is 11.1 Å². The van der Waals surface area contributed by atoms with Crippen LogP contribution in [0.5, 0.6) is 0 Å². The molecule has 0 bridgehead atoms. The van der Waals surface area contributed by atoms with Crippen molar-refractivity contribution in [3.05, 3.63) is 131 Å². The van der Waals surface area contributed by atoms with Crippen LogP contribution in [-0.4, -0.2) is 35.3 Å². The van der Waals surface area contributed by atoms with Crippen LogP contribution >= 0.6 is 0 Å². The minimum absolute atomic E-state index is 0.00288. The zero-order valence-electron chi connectivity index (χ0n) is 22.5. The monoisotopic (exact) mass is 538 g/mol. The summed E-state index contributed by atoms with van der Waals surface area (Å²) in [5.74, 6) is -0.261. The minimum atomic E-state index is -0.965. The molecule has 4 aromatic rings. The highest BCUT2D eigenvalue weighted by Gasteiger charge is 2.25. The van der Waals surface area contributed by atoms with Crippen molar-refractivity contribution in [2.75, 3.05) is 13.2 Å². The Balaban J connectivity index is 1.49. The van der Waals surface area contributed by atoms with Gasteiger partial charge in [-0.3, -0.25) is 10.7 Å². The molecule has 0 heterocycles. The lowest BCUT2D eigenvalue weighted by atomic mass is 9.91. The van der Waals surface area contributed by atoms with Gasteiger partial charge in [0.2, 0.25) is 0 Å². The second kappa shape index (κ2) is 14.5. The van der Waals surface area contributed by atoms with Gasteiger partial charge in [0.1, 0.15) is 12.1 Å². The number of aliphatic hydroxyl groups excluding tert-OH is 2. The van der Waals surface area contributed by atoms with E-state index in [2.05, 4.69) is 11.4 Å². The first-order valence-electron chi connectivity index (χ1n) is 13.5. The molecule has 0 aliphatic heterocycles. The number of nitrogens with one attached hydrogen (secondary N) is 2. The lowest BCUT2D eigenvalue weighted by Gasteiger charge is -2.29. The zero-order chi connectivity index (χ0) is 28.3. The van der Waals surface area contributed by atoms with Crippen LogP contribution < -0.4 is 16.8 Å². The first-order valence-corrected chi connectivity index (χ1v) is 13.5. The fourth-order valence-electron chi connectivity index (χ4n) is 4.74. The molecule has 40 heavy (non-hydrogen) atoms. The summed E-state index contributed by atoms with van der Waals surface area (Å²) in [6.45, 7) is 1.07. The van der Waals surface area contributed by atoms with E-state index in [0.29, 0.717) is 30.7 Å². The number of nitrogens with two attached hydrogens (primary N) is 2. The molecular formula is C33H38N4O3. The Labute approximate surface area is 236 Å². The normalized spacial score (nSPS) is 13.5. The van der Waals surface area contributed by atoms with E-state index in [9.17, 15) is 10.2 Å². The summed E-state index contributed by atoms with van der Waals surface area (Å²) < 4.78 is 6.05. The van der Waals surface area contributed by atoms with Gasteiger partial charge in [-0.2, -0.15) is 0 Å². The number of benzene rings is 4. The van der Waals surface area contributed by atoms with Gasteiger partial charge in [-0.25, -0.2) is 0 Å². The van der Waals surface area contributed by atoms with Gasteiger partial charge in [-0.05, 0) is 51.9 Å². The highest BCUT2D eigenvalue weighted by Crippen LogP contribution is 2.24. The molecule has 7 nitrogen and oxygen atoms in total. The molecule has 0 aliphatic carbocycles. The van der Waals surface area contributed by atoms with Crippen molar-refractivity contribution >= 4 is 5.84 Å². The summed E-state index contributed by atoms with van der Waals surface area (Å²) in [6, 6.07) is 32.8. The number of aliphatic hydroxyl groups is 2. The van der Waals surface area contributed by atoms with E-state index >= 15 is 0 Å². The average Bonchev–Trinajstić information content (AvgIpc) is 3.00. The third kappa shape index (κ3) is 8.08. The molecule has 3 unspecified atom stereocenters. The van der Waals surface area contributed by atoms with Crippen molar-refractivity contribution in [1.82, 2.24) is 5.32 Å². The molecule has 3 atom stereocenters. The van der Waals surface area contributed by atoms with Crippen LogP contribution in [0.25, 0.3) is 11.1 Å². The van der Waals surface area contributed by atoms with E-state index in [1.807, 2.05) is 91.0 Å². The number of nitrogen functional groups attached to an aromatic ring is 1. The van der Waals surface area contributed by atoms with Crippen LogP contribution in [0, 0.1) is 11.3 Å². The minimum Gasteiger partial charge on any atom is -0.396 e. The highest BCUT2D eigenvalue weighted by molar-refractivity contribution is 5.95. The third-order valence-electron chi connectivity index (χ3n) is 7.04. The molecule has 208 valence electrons. The molecule has 0 aromatic heterocycles. The lowest BCUT2D eigenvalue weighted by Crippen LogP contribution is -2.44. The number of hydrogen-bond acceptors (Lipinski definition) is 6. The van der Waals surface area contributed by atoms with Crippen molar-refractivity contribution in [1.29, 1.82) is 5.41 Å². The quantitative estimate of drug-likeness (QED) is 0.0812. The third-order valence-corrected chi connectivity index (χ3v) is 7.04. The molecule has 0 saturated heterocycles. The molecule has 0 amide bonds.